The highest BCUT2D eigenvalue weighted by molar-refractivity contribution is 5.79. The maximum Gasteiger partial charge on any atom is 0.127 e. The van der Waals surface area contributed by atoms with E-state index in [1.807, 2.05) is 30.3 Å². The molecule has 94 valence electrons. The summed E-state index contributed by atoms with van der Waals surface area (Å²) in [5.74, 6) is 1.23. The van der Waals surface area contributed by atoms with Crippen molar-refractivity contribution in [3.63, 3.8) is 0 Å². The largest absolute Gasteiger partial charge is 0.496 e. The van der Waals surface area contributed by atoms with Gasteiger partial charge in [0.15, 0.2) is 0 Å². The van der Waals surface area contributed by atoms with Gasteiger partial charge >= 0.3 is 0 Å². The van der Waals surface area contributed by atoms with Crippen molar-refractivity contribution in [1.82, 2.24) is 0 Å². The Labute approximate surface area is 108 Å². The summed E-state index contributed by atoms with van der Waals surface area (Å²) in [6.45, 7) is 4.30. The minimum atomic E-state index is 0.357. The number of methoxy groups -OCH3 is 1. The molecule has 0 bridgehead atoms. The van der Waals surface area contributed by atoms with Crippen LogP contribution in [0.3, 0.4) is 0 Å². The molecule has 2 aromatic rings. The standard InChI is InChI=1S/C16H19NO/c1-11(2)15-13(17)9-10-14(18-3)16(15)12-7-5-4-6-8-12/h4-11H,17H2,1-3H3. The second-order valence-electron chi connectivity index (χ2n) is 4.67. The van der Waals surface area contributed by atoms with Crippen LogP contribution >= 0.6 is 0 Å². The minimum absolute atomic E-state index is 0.357. The zero-order chi connectivity index (χ0) is 13.1. The third kappa shape index (κ3) is 2.19. The molecule has 0 atom stereocenters. The van der Waals surface area contributed by atoms with E-state index in [1.165, 1.54) is 0 Å². The molecule has 0 spiro atoms. The Hall–Kier alpha value is -1.96. The van der Waals surface area contributed by atoms with Gasteiger partial charge in [0.1, 0.15) is 5.75 Å². The molecule has 0 aromatic heterocycles. The number of rotatable bonds is 3. The monoisotopic (exact) mass is 241 g/mol. The number of nitrogen functional groups attached to an aromatic ring is 1. The first-order valence-electron chi connectivity index (χ1n) is 6.17. The van der Waals surface area contributed by atoms with Crippen LogP contribution in [0.25, 0.3) is 11.1 Å². The lowest BCUT2D eigenvalue weighted by molar-refractivity contribution is 0.416. The van der Waals surface area contributed by atoms with E-state index in [1.54, 1.807) is 7.11 Å². The fraction of sp³-hybridized carbons (Fsp3) is 0.250. The van der Waals surface area contributed by atoms with Crippen molar-refractivity contribution in [1.29, 1.82) is 0 Å². The molecular formula is C16H19NO. The quantitative estimate of drug-likeness (QED) is 0.822. The molecule has 0 aliphatic heterocycles. The number of anilines is 1. The third-order valence-corrected chi connectivity index (χ3v) is 3.10. The van der Waals surface area contributed by atoms with Crippen LogP contribution in [0.15, 0.2) is 42.5 Å². The van der Waals surface area contributed by atoms with Crippen LogP contribution < -0.4 is 10.5 Å². The summed E-state index contributed by atoms with van der Waals surface area (Å²) in [4.78, 5) is 0. The van der Waals surface area contributed by atoms with Gasteiger partial charge in [-0.3, -0.25) is 0 Å². The Morgan fingerprint density at radius 1 is 1.00 bits per heavy atom. The Bertz CT molecular complexity index is 532. The van der Waals surface area contributed by atoms with Gasteiger partial charge in [0.25, 0.3) is 0 Å². The Kier molecular flexibility index (Phi) is 3.56. The molecule has 0 saturated carbocycles. The molecule has 2 aromatic carbocycles. The molecular weight excluding hydrogens is 222 g/mol. The van der Waals surface area contributed by atoms with E-state index in [9.17, 15) is 0 Å². The average Bonchev–Trinajstić information content (AvgIpc) is 2.39. The van der Waals surface area contributed by atoms with E-state index in [4.69, 9.17) is 10.5 Å². The maximum absolute atomic E-state index is 6.13. The third-order valence-electron chi connectivity index (χ3n) is 3.10. The van der Waals surface area contributed by atoms with Crippen LogP contribution in [-0.2, 0) is 0 Å². The molecule has 2 rings (SSSR count). The van der Waals surface area contributed by atoms with Crippen molar-refractivity contribution in [2.45, 2.75) is 19.8 Å². The summed E-state index contributed by atoms with van der Waals surface area (Å²) >= 11 is 0. The van der Waals surface area contributed by atoms with E-state index in [2.05, 4.69) is 26.0 Å². The molecule has 0 aliphatic rings. The van der Waals surface area contributed by atoms with Crippen LogP contribution in [0.4, 0.5) is 5.69 Å². The molecule has 0 heterocycles. The molecule has 18 heavy (non-hydrogen) atoms. The van der Waals surface area contributed by atoms with Gasteiger partial charge in [-0.05, 0) is 29.2 Å². The van der Waals surface area contributed by atoms with Crippen LogP contribution in [0.2, 0.25) is 0 Å². The van der Waals surface area contributed by atoms with Crippen molar-refractivity contribution in [2.24, 2.45) is 0 Å². The summed E-state index contributed by atoms with van der Waals surface area (Å²) in [5.41, 5.74) is 10.4. The van der Waals surface area contributed by atoms with Crippen molar-refractivity contribution in [3.8, 4) is 16.9 Å². The smallest absolute Gasteiger partial charge is 0.127 e. The molecule has 0 unspecified atom stereocenters. The van der Waals surface area contributed by atoms with E-state index in [0.29, 0.717) is 5.92 Å². The Balaban J connectivity index is 2.73. The second kappa shape index (κ2) is 5.13. The summed E-state index contributed by atoms with van der Waals surface area (Å²) in [6, 6.07) is 14.1. The highest BCUT2D eigenvalue weighted by Gasteiger charge is 2.16. The van der Waals surface area contributed by atoms with E-state index >= 15 is 0 Å². The van der Waals surface area contributed by atoms with Gasteiger partial charge in [-0.25, -0.2) is 0 Å². The van der Waals surface area contributed by atoms with Gasteiger partial charge < -0.3 is 10.5 Å². The van der Waals surface area contributed by atoms with E-state index in [0.717, 1.165) is 28.1 Å². The second-order valence-corrected chi connectivity index (χ2v) is 4.67. The first-order valence-corrected chi connectivity index (χ1v) is 6.17. The maximum atomic E-state index is 6.13. The van der Waals surface area contributed by atoms with E-state index in [-0.39, 0.29) is 0 Å². The van der Waals surface area contributed by atoms with Crippen LogP contribution in [0.5, 0.6) is 5.75 Å². The first-order chi connectivity index (χ1) is 8.65. The molecule has 0 fully saturated rings. The number of ether oxygens (including phenoxy) is 1. The lowest BCUT2D eigenvalue weighted by Crippen LogP contribution is -2.01. The van der Waals surface area contributed by atoms with Crippen molar-refractivity contribution < 1.29 is 4.74 Å². The van der Waals surface area contributed by atoms with E-state index < -0.39 is 0 Å². The normalized spacial score (nSPS) is 10.7. The number of hydrogen-bond donors (Lipinski definition) is 1. The SMILES string of the molecule is COc1ccc(N)c(C(C)C)c1-c1ccccc1. The van der Waals surface area contributed by atoms with Crippen molar-refractivity contribution >= 4 is 5.69 Å². The van der Waals surface area contributed by atoms with Gasteiger partial charge in [-0.1, -0.05) is 44.2 Å². The molecule has 2 N–H and O–H groups in total. The summed E-state index contributed by atoms with van der Waals surface area (Å²) < 4.78 is 5.49. The van der Waals surface area contributed by atoms with Crippen molar-refractivity contribution in [3.05, 3.63) is 48.0 Å². The fourth-order valence-corrected chi connectivity index (χ4v) is 2.31. The lowest BCUT2D eigenvalue weighted by atomic mass is 9.90. The first kappa shape index (κ1) is 12.5. The van der Waals surface area contributed by atoms with Crippen molar-refractivity contribution in [2.75, 3.05) is 12.8 Å². The predicted octanol–water partition coefficient (Wildman–Crippen LogP) is 4.07. The zero-order valence-electron chi connectivity index (χ0n) is 11.1. The van der Waals surface area contributed by atoms with Crippen LogP contribution in [-0.4, -0.2) is 7.11 Å². The average molecular weight is 241 g/mol. The van der Waals surface area contributed by atoms with Gasteiger partial charge in [-0.15, -0.1) is 0 Å². The topological polar surface area (TPSA) is 35.2 Å². The number of nitrogens with two attached hydrogens (primary N) is 1. The Morgan fingerprint density at radius 2 is 1.67 bits per heavy atom. The molecule has 2 heteroatoms. The number of hydrogen-bond acceptors (Lipinski definition) is 2. The molecule has 0 aliphatic carbocycles. The molecule has 0 amide bonds. The van der Waals surface area contributed by atoms with Gasteiger partial charge in [0.05, 0.1) is 7.11 Å². The molecule has 0 saturated heterocycles. The van der Waals surface area contributed by atoms with Gasteiger partial charge in [0, 0.05) is 11.3 Å². The summed E-state index contributed by atoms with van der Waals surface area (Å²) in [7, 11) is 1.70. The fourth-order valence-electron chi connectivity index (χ4n) is 2.31. The van der Waals surface area contributed by atoms with Crippen LogP contribution in [0.1, 0.15) is 25.3 Å². The molecule has 0 radical (unpaired) electrons. The molecule has 2 nitrogen and oxygen atoms in total. The lowest BCUT2D eigenvalue weighted by Gasteiger charge is -2.19. The predicted molar refractivity (Wildman–Crippen MR) is 76.9 cm³/mol. The number of benzene rings is 2. The summed E-state index contributed by atoms with van der Waals surface area (Å²) in [6.07, 6.45) is 0. The van der Waals surface area contributed by atoms with Gasteiger partial charge in [-0.2, -0.15) is 0 Å². The Morgan fingerprint density at radius 3 is 2.22 bits per heavy atom. The van der Waals surface area contributed by atoms with Crippen LogP contribution in [0, 0.1) is 0 Å². The zero-order valence-corrected chi connectivity index (χ0v) is 11.1. The minimum Gasteiger partial charge on any atom is -0.496 e. The van der Waals surface area contributed by atoms with Gasteiger partial charge in [0.2, 0.25) is 0 Å². The highest BCUT2D eigenvalue weighted by Crippen LogP contribution is 2.40. The highest BCUT2D eigenvalue weighted by atomic mass is 16.5. The summed E-state index contributed by atoms with van der Waals surface area (Å²) in [5, 5.41) is 0.